The van der Waals surface area contributed by atoms with Crippen molar-refractivity contribution in [1.82, 2.24) is 0 Å². The van der Waals surface area contributed by atoms with Gasteiger partial charge in [0.1, 0.15) is 5.60 Å². The first-order chi connectivity index (χ1) is 7.49. The molecule has 0 amide bonds. The van der Waals surface area contributed by atoms with E-state index < -0.39 is 40.8 Å². The molecule has 0 aliphatic carbocycles. The van der Waals surface area contributed by atoms with E-state index in [2.05, 4.69) is 0 Å². The Morgan fingerprint density at radius 3 is 2.06 bits per heavy atom. The van der Waals surface area contributed by atoms with Crippen molar-refractivity contribution >= 4 is 11.9 Å². The van der Waals surface area contributed by atoms with Gasteiger partial charge in [-0.2, -0.15) is 0 Å². The van der Waals surface area contributed by atoms with Crippen LogP contribution in [0.5, 0.6) is 0 Å². The molecule has 0 fully saturated rings. The van der Waals surface area contributed by atoms with Crippen molar-refractivity contribution in [3.05, 3.63) is 10.1 Å². The fourth-order valence-corrected chi connectivity index (χ4v) is 1.01. The zero-order valence-electron chi connectivity index (χ0n) is 10.3. The summed E-state index contributed by atoms with van der Waals surface area (Å²) in [4.78, 5) is 32.2. The van der Waals surface area contributed by atoms with E-state index in [4.69, 9.17) is 9.84 Å². The number of carbonyl (C=O) groups is 2. The van der Waals surface area contributed by atoms with Gasteiger partial charge in [0.25, 0.3) is 0 Å². The Morgan fingerprint density at radius 1 is 1.29 bits per heavy atom. The summed E-state index contributed by atoms with van der Waals surface area (Å²) < 4.78 is 4.92. The van der Waals surface area contributed by atoms with Gasteiger partial charge in [-0.1, -0.05) is 0 Å². The van der Waals surface area contributed by atoms with Crippen LogP contribution in [0.1, 0.15) is 40.5 Å². The molecular formula is C10H17NO6. The lowest BCUT2D eigenvalue weighted by Crippen LogP contribution is -2.47. The minimum atomic E-state index is -2.02. The Labute approximate surface area is 98.9 Å². The van der Waals surface area contributed by atoms with Crippen molar-refractivity contribution < 1.29 is 24.4 Å². The number of rotatable bonds is 5. The number of carboxylic acid groups (broad SMARTS) is 1. The molecule has 0 unspecified atom stereocenters. The summed E-state index contributed by atoms with van der Waals surface area (Å²) in [6, 6.07) is 0. The highest BCUT2D eigenvalue weighted by Gasteiger charge is 2.48. The molecule has 7 nitrogen and oxygen atoms in total. The van der Waals surface area contributed by atoms with E-state index in [0.717, 1.165) is 6.92 Å². The van der Waals surface area contributed by atoms with E-state index in [1.165, 1.54) is 0 Å². The first-order valence-electron chi connectivity index (χ1n) is 5.09. The van der Waals surface area contributed by atoms with Gasteiger partial charge >= 0.3 is 17.5 Å². The molecule has 0 saturated carbocycles. The minimum Gasteiger partial charge on any atom is -0.481 e. The number of hydrogen-bond acceptors (Lipinski definition) is 5. The molecule has 0 aromatic heterocycles. The van der Waals surface area contributed by atoms with Crippen molar-refractivity contribution in [2.24, 2.45) is 0 Å². The van der Waals surface area contributed by atoms with Gasteiger partial charge < -0.3 is 9.84 Å². The van der Waals surface area contributed by atoms with Crippen LogP contribution in [0.15, 0.2) is 0 Å². The monoisotopic (exact) mass is 247 g/mol. The van der Waals surface area contributed by atoms with Crippen LogP contribution in [-0.4, -0.2) is 33.1 Å². The lowest BCUT2D eigenvalue weighted by atomic mass is 9.96. The van der Waals surface area contributed by atoms with Gasteiger partial charge in [-0.25, -0.2) is 4.79 Å². The van der Waals surface area contributed by atoms with Crippen LogP contribution in [0, 0.1) is 10.1 Å². The van der Waals surface area contributed by atoms with E-state index in [1.54, 1.807) is 20.8 Å². The maximum Gasteiger partial charge on any atom is 0.385 e. The third kappa shape index (κ3) is 4.80. The number of hydrogen-bond donors (Lipinski definition) is 1. The molecule has 0 spiro atoms. The van der Waals surface area contributed by atoms with E-state index in [9.17, 15) is 19.7 Å². The van der Waals surface area contributed by atoms with Crippen molar-refractivity contribution in [2.75, 3.05) is 0 Å². The summed E-state index contributed by atoms with van der Waals surface area (Å²) in [5.74, 6) is -2.21. The number of esters is 1. The average molecular weight is 247 g/mol. The molecule has 0 aromatic carbocycles. The second-order valence-electron chi connectivity index (χ2n) is 4.93. The summed E-state index contributed by atoms with van der Waals surface area (Å²) in [6.45, 7) is 5.83. The molecule has 7 heteroatoms. The lowest BCUT2D eigenvalue weighted by Gasteiger charge is -2.25. The van der Waals surface area contributed by atoms with E-state index in [-0.39, 0.29) is 0 Å². The second-order valence-corrected chi connectivity index (χ2v) is 4.93. The highest BCUT2D eigenvalue weighted by Crippen LogP contribution is 2.22. The molecule has 1 N–H and O–H groups in total. The van der Waals surface area contributed by atoms with Crippen LogP contribution >= 0.6 is 0 Å². The zero-order valence-corrected chi connectivity index (χ0v) is 10.3. The summed E-state index contributed by atoms with van der Waals surface area (Å²) >= 11 is 0. The standard InChI is InChI=1S/C10H17NO6/c1-9(2,3)17-8(14)10(4,11(15)16)6-5-7(12)13/h5-6H2,1-4H3,(H,12,13)/t10-/m1/s1. The van der Waals surface area contributed by atoms with E-state index >= 15 is 0 Å². The molecule has 0 aromatic rings. The van der Waals surface area contributed by atoms with Crippen molar-refractivity contribution in [3.63, 3.8) is 0 Å². The molecule has 0 aliphatic rings. The Kier molecular flexibility index (Phi) is 4.61. The second kappa shape index (κ2) is 5.11. The number of nitrogens with zero attached hydrogens (tertiary/aromatic N) is 1. The van der Waals surface area contributed by atoms with Gasteiger partial charge in [-0.3, -0.25) is 14.9 Å². The Morgan fingerprint density at radius 2 is 1.76 bits per heavy atom. The summed E-state index contributed by atoms with van der Waals surface area (Å²) in [5.41, 5.74) is -2.87. The van der Waals surface area contributed by atoms with E-state index in [1.807, 2.05) is 0 Å². The number of ether oxygens (including phenoxy) is 1. The maximum absolute atomic E-state index is 11.7. The molecule has 0 heterocycles. The predicted octanol–water partition coefficient (Wildman–Crippen LogP) is 1.23. The summed E-state index contributed by atoms with van der Waals surface area (Å²) in [7, 11) is 0. The Balaban J connectivity index is 4.88. The van der Waals surface area contributed by atoms with Crippen molar-refractivity contribution in [1.29, 1.82) is 0 Å². The molecule has 0 bridgehead atoms. The average Bonchev–Trinajstić information content (AvgIpc) is 2.10. The van der Waals surface area contributed by atoms with Crippen molar-refractivity contribution in [2.45, 2.75) is 51.7 Å². The van der Waals surface area contributed by atoms with Crippen LogP contribution in [0.2, 0.25) is 0 Å². The Bertz CT molecular complexity index is 332. The lowest BCUT2D eigenvalue weighted by molar-refractivity contribution is -0.552. The highest BCUT2D eigenvalue weighted by molar-refractivity contribution is 5.80. The smallest absolute Gasteiger partial charge is 0.385 e. The van der Waals surface area contributed by atoms with Gasteiger partial charge in [-0.05, 0) is 20.8 Å². The predicted molar refractivity (Wildman–Crippen MR) is 58.1 cm³/mol. The molecule has 0 radical (unpaired) electrons. The topological polar surface area (TPSA) is 107 Å². The number of aliphatic carboxylic acids is 1. The third-order valence-corrected chi connectivity index (χ3v) is 2.07. The molecule has 0 saturated heterocycles. The molecule has 1 atom stereocenters. The molecule has 0 aliphatic heterocycles. The Hall–Kier alpha value is -1.66. The fraction of sp³-hybridized carbons (Fsp3) is 0.800. The van der Waals surface area contributed by atoms with Gasteiger partial charge in [0.05, 0.1) is 6.42 Å². The van der Waals surface area contributed by atoms with Gasteiger partial charge in [-0.15, -0.1) is 0 Å². The summed E-state index contributed by atoms with van der Waals surface area (Å²) in [5, 5.41) is 19.4. The summed E-state index contributed by atoms with van der Waals surface area (Å²) in [6.07, 6.45) is -0.860. The first kappa shape index (κ1) is 15.3. The largest absolute Gasteiger partial charge is 0.481 e. The van der Waals surface area contributed by atoms with Gasteiger partial charge in [0.15, 0.2) is 0 Å². The number of carbonyl (C=O) groups excluding carboxylic acids is 1. The number of carboxylic acids is 1. The third-order valence-electron chi connectivity index (χ3n) is 2.07. The van der Waals surface area contributed by atoms with E-state index in [0.29, 0.717) is 0 Å². The zero-order chi connectivity index (χ0) is 13.9. The molecular weight excluding hydrogens is 230 g/mol. The normalized spacial score (nSPS) is 14.8. The SMILES string of the molecule is CC(C)(C)OC(=O)[C@@](C)(CCC(=O)O)[N+](=O)[O-]. The van der Waals surface area contributed by atoms with Crippen LogP contribution in [-0.2, 0) is 14.3 Å². The fourth-order valence-electron chi connectivity index (χ4n) is 1.01. The van der Waals surface area contributed by atoms with Crippen molar-refractivity contribution in [3.8, 4) is 0 Å². The van der Waals surface area contributed by atoms with Crippen LogP contribution < -0.4 is 0 Å². The highest BCUT2D eigenvalue weighted by atomic mass is 16.6. The molecule has 98 valence electrons. The maximum atomic E-state index is 11.7. The molecule has 17 heavy (non-hydrogen) atoms. The quantitative estimate of drug-likeness (QED) is 0.444. The first-order valence-corrected chi connectivity index (χ1v) is 5.09. The van der Waals surface area contributed by atoms with Crippen LogP contribution in [0.4, 0.5) is 0 Å². The van der Waals surface area contributed by atoms with Gasteiger partial charge in [0, 0.05) is 18.3 Å². The minimum absolute atomic E-state index is 0.399. The van der Waals surface area contributed by atoms with Crippen LogP contribution in [0.3, 0.4) is 0 Å². The number of nitro groups is 1. The van der Waals surface area contributed by atoms with Crippen LogP contribution in [0.25, 0.3) is 0 Å². The molecule has 0 rings (SSSR count). The van der Waals surface area contributed by atoms with Gasteiger partial charge in [0.2, 0.25) is 0 Å².